The molecule has 0 saturated heterocycles. The van der Waals surface area contributed by atoms with Crippen LogP contribution in [0.1, 0.15) is 18.6 Å². The summed E-state index contributed by atoms with van der Waals surface area (Å²) in [6.45, 7) is 0.520. The van der Waals surface area contributed by atoms with Gasteiger partial charge in [0, 0.05) is 38.1 Å². The van der Waals surface area contributed by atoms with Gasteiger partial charge in [-0.05, 0) is 18.6 Å². The van der Waals surface area contributed by atoms with Gasteiger partial charge in [-0.1, -0.05) is 53.7 Å². The van der Waals surface area contributed by atoms with E-state index >= 15 is 0 Å². The molecule has 1 aromatic heterocycles. The monoisotopic (exact) mass is 431 g/mol. The minimum Gasteiger partial charge on any atom is -0.368 e. The highest BCUT2D eigenvalue weighted by atomic mass is 16.5. The summed E-state index contributed by atoms with van der Waals surface area (Å²) in [5, 5.41) is 10.1. The third kappa shape index (κ3) is 4.69. The summed E-state index contributed by atoms with van der Waals surface area (Å²) in [6.07, 6.45) is 1.56. The molecule has 0 bridgehead atoms. The van der Waals surface area contributed by atoms with Gasteiger partial charge in [-0.2, -0.15) is 5.10 Å². The maximum absolute atomic E-state index is 12.9. The second-order valence-electron chi connectivity index (χ2n) is 7.72. The minimum absolute atomic E-state index is 0.190. The van der Waals surface area contributed by atoms with E-state index in [1.807, 2.05) is 66.7 Å². The fourth-order valence-electron chi connectivity index (χ4n) is 3.67. The Balaban J connectivity index is 1.35. The van der Waals surface area contributed by atoms with Crippen molar-refractivity contribution in [2.75, 3.05) is 18.6 Å². The number of aryl methyl sites for hydroxylation is 1. The average molecular weight is 431 g/mol. The SMILES string of the molecule is CN(CCCc1cc(-c2ccccc2)no1)C(=O)C1=NN(c2ccccc2)C(C(N)=O)C1. The zero-order valence-electron chi connectivity index (χ0n) is 17.8. The van der Waals surface area contributed by atoms with Gasteiger partial charge in [0.15, 0.2) is 0 Å². The molecule has 8 heteroatoms. The predicted molar refractivity (Wildman–Crippen MR) is 122 cm³/mol. The van der Waals surface area contributed by atoms with Crippen LogP contribution in [0.3, 0.4) is 0 Å². The highest BCUT2D eigenvalue weighted by Gasteiger charge is 2.35. The van der Waals surface area contributed by atoms with Gasteiger partial charge < -0.3 is 15.2 Å². The number of amides is 2. The van der Waals surface area contributed by atoms with Crippen molar-refractivity contribution in [2.24, 2.45) is 10.8 Å². The van der Waals surface area contributed by atoms with Crippen molar-refractivity contribution in [2.45, 2.75) is 25.3 Å². The second kappa shape index (κ2) is 9.47. The Labute approximate surface area is 186 Å². The van der Waals surface area contributed by atoms with Crippen LogP contribution in [0.4, 0.5) is 5.69 Å². The normalized spacial score (nSPS) is 15.5. The van der Waals surface area contributed by atoms with Crippen molar-refractivity contribution in [3.8, 4) is 11.3 Å². The molecular formula is C24H25N5O3. The molecule has 1 atom stereocenters. The Morgan fingerprint density at radius 1 is 1.12 bits per heavy atom. The molecule has 8 nitrogen and oxygen atoms in total. The molecule has 2 N–H and O–H groups in total. The fourth-order valence-corrected chi connectivity index (χ4v) is 3.67. The summed E-state index contributed by atoms with van der Waals surface area (Å²) in [4.78, 5) is 26.4. The van der Waals surface area contributed by atoms with Gasteiger partial charge in [0.2, 0.25) is 5.91 Å². The van der Waals surface area contributed by atoms with E-state index in [9.17, 15) is 9.59 Å². The largest absolute Gasteiger partial charge is 0.368 e. The zero-order valence-corrected chi connectivity index (χ0v) is 17.8. The quantitative estimate of drug-likeness (QED) is 0.590. The van der Waals surface area contributed by atoms with Crippen LogP contribution in [-0.4, -0.2) is 47.2 Å². The number of nitrogens with zero attached hydrogens (tertiary/aromatic N) is 4. The fraction of sp³-hybridized carbons (Fsp3) is 0.250. The van der Waals surface area contributed by atoms with Gasteiger partial charge in [-0.15, -0.1) is 0 Å². The number of anilines is 1. The Morgan fingerprint density at radius 3 is 2.50 bits per heavy atom. The molecule has 1 aliphatic rings. The molecule has 2 heterocycles. The molecule has 0 fully saturated rings. The van der Waals surface area contributed by atoms with E-state index in [0.717, 1.165) is 22.7 Å². The number of hydrogen-bond acceptors (Lipinski definition) is 6. The molecule has 4 rings (SSSR count). The van der Waals surface area contributed by atoms with Crippen molar-refractivity contribution in [1.82, 2.24) is 10.1 Å². The lowest BCUT2D eigenvalue weighted by Crippen LogP contribution is -2.40. The first kappa shape index (κ1) is 21.3. The van der Waals surface area contributed by atoms with E-state index < -0.39 is 11.9 Å². The number of para-hydroxylation sites is 1. The Morgan fingerprint density at radius 2 is 1.81 bits per heavy atom. The zero-order chi connectivity index (χ0) is 22.5. The Bertz CT molecular complexity index is 1110. The Hall–Kier alpha value is -3.94. The molecule has 164 valence electrons. The number of aromatic nitrogens is 1. The van der Waals surface area contributed by atoms with Crippen LogP contribution in [0, 0.1) is 0 Å². The molecule has 1 unspecified atom stereocenters. The number of hydrazone groups is 1. The third-order valence-corrected chi connectivity index (χ3v) is 5.40. The minimum atomic E-state index is -0.671. The summed E-state index contributed by atoms with van der Waals surface area (Å²) in [5.41, 5.74) is 8.40. The van der Waals surface area contributed by atoms with Crippen LogP contribution in [0.2, 0.25) is 0 Å². The Kier molecular flexibility index (Phi) is 6.30. The number of rotatable bonds is 8. The summed E-state index contributed by atoms with van der Waals surface area (Å²) in [5.74, 6) is 0.0479. The average Bonchev–Trinajstić information content (AvgIpc) is 3.47. The van der Waals surface area contributed by atoms with Crippen LogP contribution in [0.5, 0.6) is 0 Å². The molecule has 1 aliphatic heterocycles. The lowest BCUT2D eigenvalue weighted by atomic mass is 10.1. The molecule has 0 saturated carbocycles. The van der Waals surface area contributed by atoms with Crippen molar-refractivity contribution in [3.05, 3.63) is 72.5 Å². The van der Waals surface area contributed by atoms with E-state index in [4.69, 9.17) is 10.3 Å². The van der Waals surface area contributed by atoms with Crippen LogP contribution in [0.15, 0.2) is 76.4 Å². The molecule has 0 spiro atoms. The summed E-state index contributed by atoms with van der Waals surface area (Å²) >= 11 is 0. The van der Waals surface area contributed by atoms with Crippen LogP contribution < -0.4 is 10.7 Å². The molecule has 0 aliphatic carbocycles. The number of carbonyl (C=O) groups excluding carboxylic acids is 2. The van der Waals surface area contributed by atoms with Gasteiger partial charge in [0.1, 0.15) is 23.2 Å². The van der Waals surface area contributed by atoms with E-state index in [1.54, 1.807) is 11.9 Å². The molecule has 32 heavy (non-hydrogen) atoms. The van der Waals surface area contributed by atoms with Crippen molar-refractivity contribution in [3.63, 3.8) is 0 Å². The summed E-state index contributed by atoms with van der Waals surface area (Å²) < 4.78 is 5.43. The number of benzene rings is 2. The highest BCUT2D eigenvalue weighted by molar-refractivity contribution is 6.40. The van der Waals surface area contributed by atoms with E-state index in [0.29, 0.717) is 25.1 Å². The first-order valence-corrected chi connectivity index (χ1v) is 10.5. The number of hydrogen-bond donors (Lipinski definition) is 1. The maximum atomic E-state index is 12.9. The third-order valence-electron chi connectivity index (χ3n) is 5.40. The van der Waals surface area contributed by atoms with Crippen molar-refractivity contribution < 1.29 is 14.1 Å². The van der Waals surface area contributed by atoms with Crippen LogP contribution in [-0.2, 0) is 16.0 Å². The molecule has 0 radical (unpaired) electrons. The van der Waals surface area contributed by atoms with Gasteiger partial charge in [0.25, 0.3) is 5.91 Å². The molecular weight excluding hydrogens is 406 g/mol. The van der Waals surface area contributed by atoms with E-state index in [-0.39, 0.29) is 12.3 Å². The topological polar surface area (TPSA) is 105 Å². The van der Waals surface area contributed by atoms with Gasteiger partial charge in [0.05, 0.1) is 5.69 Å². The molecule has 3 aromatic rings. The number of primary amides is 1. The van der Waals surface area contributed by atoms with Gasteiger partial charge in [-0.25, -0.2) is 0 Å². The predicted octanol–water partition coefficient (Wildman–Crippen LogP) is 2.85. The highest BCUT2D eigenvalue weighted by Crippen LogP contribution is 2.25. The van der Waals surface area contributed by atoms with Crippen molar-refractivity contribution in [1.29, 1.82) is 0 Å². The number of carbonyl (C=O) groups is 2. The van der Waals surface area contributed by atoms with E-state index in [1.165, 1.54) is 5.01 Å². The van der Waals surface area contributed by atoms with Crippen molar-refractivity contribution >= 4 is 23.2 Å². The first-order chi connectivity index (χ1) is 15.5. The smallest absolute Gasteiger partial charge is 0.269 e. The standard InChI is InChI=1S/C24H25N5O3/c1-28(14-8-13-19-15-20(27-32-19)17-9-4-2-5-10-17)24(31)21-16-22(23(25)30)29(26-21)18-11-6-3-7-12-18/h2-7,9-12,15,22H,8,13-14,16H2,1H3,(H2,25,30). The van der Waals surface area contributed by atoms with Gasteiger partial charge >= 0.3 is 0 Å². The number of nitrogens with two attached hydrogens (primary N) is 1. The maximum Gasteiger partial charge on any atom is 0.269 e. The van der Waals surface area contributed by atoms with E-state index in [2.05, 4.69) is 10.3 Å². The second-order valence-corrected chi connectivity index (χ2v) is 7.72. The summed E-state index contributed by atoms with van der Waals surface area (Å²) in [7, 11) is 1.73. The molecule has 2 aromatic carbocycles. The lowest BCUT2D eigenvalue weighted by molar-refractivity contribution is -0.123. The van der Waals surface area contributed by atoms with Crippen LogP contribution in [0.25, 0.3) is 11.3 Å². The molecule has 2 amide bonds. The van der Waals surface area contributed by atoms with Gasteiger partial charge in [-0.3, -0.25) is 14.6 Å². The first-order valence-electron chi connectivity index (χ1n) is 10.5. The lowest BCUT2D eigenvalue weighted by Gasteiger charge is -2.20. The van der Waals surface area contributed by atoms with Crippen LogP contribution >= 0.6 is 0 Å². The summed E-state index contributed by atoms with van der Waals surface area (Å²) in [6, 6.07) is 20.3.